The van der Waals surface area contributed by atoms with Crippen LogP contribution >= 0.6 is 0 Å². The van der Waals surface area contributed by atoms with Crippen LogP contribution in [-0.2, 0) is 0 Å². The zero-order valence-corrected chi connectivity index (χ0v) is 30.7. The predicted octanol–water partition coefficient (Wildman–Crippen LogP) is 15.0. The van der Waals surface area contributed by atoms with E-state index in [0.29, 0.717) is 0 Å². The summed E-state index contributed by atoms with van der Waals surface area (Å²) < 4.78 is 2.41. The van der Waals surface area contributed by atoms with Crippen molar-refractivity contribution in [2.75, 3.05) is 4.90 Å². The van der Waals surface area contributed by atoms with Crippen LogP contribution in [0.15, 0.2) is 218 Å². The Morgan fingerprint density at radius 1 is 0.286 bits per heavy atom. The lowest BCUT2D eigenvalue weighted by Crippen LogP contribution is -2.10. The van der Waals surface area contributed by atoms with Crippen LogP contribution in [0.5, 0.6) is 0 Å². The average molecular weight is 713 g/mol. The lowest BCUT2D eigenvalue weighted by Gasteiger charge is -2.27. The molecule has 11 rings (SSSR count). The zero-order valence-electron chi connectivity index (χ0n) is 30.7. The molecule has 2 nitrogen and oxygen atoms in total. The summed E-state index contributed by atoms with van der Waals surface area (Å²) in [6.07, 6.45) is 0. The van der Waals surface area contributed by atoms with Gasteiger partial charge in [0.15, 0.2) is 0 Å². The van der Waals surface area contributed by atoms with Crippen LogP contribution in [0.2, 0.25) is 0 Å². The number of hydrogen-bond acceptors (Lipinski definition) is 1. The first kappa shape index (κ1) is 32.0. The topological polar surface area (TPSA) is 8.17 Å². The molecule has 0 fully saturated rings. The summed E-state index contributed by atoms with van der Waals surface area (Å²) in [5.74, 6) is 0. The molecule has 56 heavy (non-hydrogen) atoms. The fraction of sp³-hybridized carbons (Fsp3) is 0. The van der Waals surface area contributed by atoms with Gasteiger partial charge in [0.1, 0.15) is 0 Å². The maximum atomic E-state index is 2.41. The van der Waals surface area contributed by atoms with Gasteiger partial charge in [-0.05, 0) is 121 Å². The SMILES string of the molecule is c1ccc(-c2ccc(N(c3ccc(-n4c5ccccc5c5cc6ccccc6cc54)cc3)c3cc(-c4cccc5ccccc45)c4ccccc4c3)cc2)cc1. The molecule has 10 aromatic carbocycles. The first-order valence-corrected chi connectivity index (χ1v) is 19.3. The number of hydrogen-bond donors (Lipinski definition) is 0. The molecule has 0 bridgehead atoms. The van der Waals surface area contributed by atoms with Gasteiger partial charge >= 0.3 is 0 Å². The Morgan fingerprint density at radius 3 is 1.59 bits per heavy atom. The van der Waals surface area contributed by atoms with Crippen molar-refractivity contribution in [1.82, 2.24) is 4.57 Å². The molecular formula is C54H36N2. The Morgan fingerprint density at radius 2 is 0.839 bits per heavy atom. The zero-order chi connectivity index (χ0) is 37.0. The smallest absolute Gasteiger partial charge is 0.0547 e. The molecule has 0 saturated heterocycles. The van der Waals surface area contributed by atoms with Gasteiger partial charge in [0.25, 0.3) is 0 Å². The molecule has 2 heteroatoms. The number of rotatable bonds is 6. The van der Waals surface area contributed by atoms with E-state index in [1.807, 2.05) is 0 Å². The summed E-state index contributed by atoms with van der Waals surface area (Å²) >= 11 is 0. The van der Waals surface area contributed by atoms with E-state index >= 15 is 0 Å². The molecule has 0 aliphatic carbocycles. The van der Waals surface area contributed by atoms with Crippen molar-refractivity contribution in [2.45, 2.75) is 0 Å². The van der Waals surface area contributed by atoms with Crippen molar-refractivity contribution in [3.05, 3.63) is 218 Å². The summed E-state index contributed by atoms with van der Waals surface area (Å²) in [4.78, 5) is 2.40. The second-order valence-corrected chi connectivity index (χ2v) is 14.6. The van der Waals surface area contributed by atoms with Gasteiger partial charge < -0.3 is 9.47 Å². The number of fused-ring (bicyclic) bond motifs is 6. The van der Waals surface area contributed by atoms with E-state index in [0.717, 1.165) is 22.7 Å². The van der Waals surface area contributed by atoms with E-state index in [1.54, 1.807) is 0 Å². The molecule has 1 aromatic heterocycles. The van der Waals surface area contributed by atoms with E-state index in [-0.39, 0.29) is 0 Å². The Bertz CT molecular complexity index is 3220. The van der Waals surface area contributed by atoms with E-state index in [1.165, 1.54) is 76.4 Å². The maximum Gasteiger partial charge on any atom is 0.0547 e. The number of benzene rings is 10. The van der Waals surface area contributed by atoms with Crippen LogP contribution in [0, 0.1) is 0 Å². The van der Waals surface area contributed by atoms with Crippen LogP contribution in [0.25, 0.3) is 82.1 Å². The van der Waals surface area contributed by atoms with Crippen molar-refractivity contribution >= 4 is 71.2 Å². The van der Waals surface area contributed by atoms with Crippen LogP contribution in [-0.4, -0.2) is 4.57 Å². The largest absolute Gasteiger partial charge is 0.310 e. The standard InChI is InChI=1S/C54H36N2/c1-2-13-37(14-3-1)38-25-27-43(28-26-38)55(46-33-42-18-7-9-21-48(42)51(36-46)49-23-12-19-39-15-6-8-20-47(39)49)44-29-31-45(32-30-44)56-53-24-11-10-22-50(53)52-34-40-16-4-5-17-41(40)35-54(52)56/h1-36H. The summed E-state index contributed by atoms with van der Waals surface area (Å²) in [5, 5.41) is 9.94. The van der Waals surface area contributed by atoms with Gasteiger partial charge in [0.05, 0.1) is 11.0 Å². The van der Waals surface area contributed by atoms with Crippen molar-refractivity contribution in [3.63, 3.8) is 0 Å². The van der Waals surface area contributed by atoms with E-state index < -0.39 is 0 Å². The molecule has 0 aliphatic rings. The van der Waals surface area contributed by atoms with Crippen molar-refractivity contribution in [1.29, 1.82) is 0 Å². The third-order valence-corrected chi connectivity index (χ3v) is 11.3. The third-order valence-electron chi connectivity index (χ3n) is 11.3. The highest BCUT2D eigenvalue weighted by Gasteiger charge is 2.19. The maximum absolute atomic E-state index is 2.41. The minimum atomic E-state index is 1.09. The number of aromatic nitrogens is 1. The molecule has 0 amide bonds. The molecule has 11 aromatic rings. The van der Waals surface area contributed by atoms with E-state index in [2.05, 4.69) is 228 Å². The molecule has 0 N–H and O–H groups in total. The summed E-state index contributed by atoms with van der Waals surface area (Å²) in [6, 6.07) is 79.6. The second-order valence-electron chi connectivity index (χ2n) is 14.6. The molecule has 1 heterocycles. The fourth-order valence-electron chi connectivity index (χ4n) is 8.67. The molecular weight excluding hydrogens is 677 g/mol. The number of nitrogens with zero attached hydrogens (tertiary/aromatic N) is 2. The van der Waals surface area contributed by atoms with Crippen LogP contribution in [0.3, 0.4) is 0 Å². The number of anilines is 3. The van der Waals surface area contributed by atoms with Crippen molar-refractivity contribution < 1.29 is 0 Å². The molecule has 0 atom stereocenters. The third kappa shape index (κ3) is 5.34. The molecule has 262 valence electrons. The Balaban J connectivity index is 1.11. The highest BCUT2D eigenvalue weighted by molar-refractivity contribution is 6.14. The normalized spacial score (nSPS) is 11.6. The second kappa shape index (κ2) is 13.2. The number of para-hydroxylation sites is 1. The predicted molar refractivity (Wildman–Crippen MR) is 239 cm³/mol. The van der Waals surface area contributed by atoms with E-state index in [9.17, 15) is 0 Å². The molecule has 0 unspecified atom stereocenters. The van der Waals surface area contributed by atoms with E-state index in [4.69, 9.17) is 0 Å². The first-order chi connectivity index (χ1) is 27.8. The van der Waals surface area contributed by atoms with Gasteiger partial charge in [0, 0.05) is 33.5 Å². The summed E-state index contributed by atoms with van der Waals surface area (Å²) in [5.41, 5.74) is 11.7. The van der Waals surface area contributed by atoms with Gasteiger partial charge in [-0.15, -0.1) is 0 Å². The molecule has 0 saturated carbocycles. The van der Waals surface area contributed by atoms with Crippen LogP contribution < -0.4 is 4.90 Å². The lowest BCUT2D eigenvalue weighted by molar-refractivity contribution is 1.17. The van der Waals surface area contributed by atoms with Gasteiger partial charge in [-0.1, -0.05) is 152 Å². The fourth-order valence-corrected chi connectivity index (χ4v) is 8.67. The minimum Gasteiger partial charge on any atom is -0.310 e. The van der Waals surface area contributed by atoms with Crippen LogP contribution in [0.4, 0.5) is 17.1 Å². The lowest BCUT2D eigenvalue weighted by atomic mass is 9.93. The van der Waals surface area contributed by atoms with Crippen molar-refractivity contribution in [2.24, 2.45) is 0 Å². The Kier molecular flexibility index (Phi) is 7.53. The quantitative estimate of drug-likeness (QED) is 0.167. The van der Waals surface area contributed by atoms with Crippen LogP contribution in [0.1, 0.15) is 0 Å². The van der Waals surface area contributed by atoms with Gasteiger partial charge in [-0.2, -0.15) is 0 Å². The molecule has 0 spiro atoms. The minimum absolute atomic E-state index is 1.09. The summed E-state index contributed by atoms with van der Waals surface area (Å²) in [6.45, 7) is 0. The first-order valence-electron chi connectivity index (χ1n) is 19.3. The summed E-state index contributed by atoms with van der Waals surface area (Å²) in [7, 11) is 0. The Hall–Kier alpha value is -7.42. The Labute approximate surface area is 325 Å². The van der Waals surface area contributed by atoms with Gasteiger partial charge in [0.2, 0.25) is 0 Å². The molecule has 0 aliphatic heterocycles. The van der Waals surface area contributed by atoms with Gasteiger partial charge in [-0.3, -0.25) is 0 Å². The monoisotopic (exact) mass is 712 g/mol. The highest BCUT2D eigenvalue weighted by Crippen LogP contribution is 2.43. The average Bonchev–Trinajstić information content (AvgIpc) is 3.59. The molecule has 0 radical (unpaired) electrons. The van der Waals surface area contributed by atoms with Gasteiger partial charge in [-0.25, -0.2) is 0 Å². The van der Waals surface area contributed by atoms with Crippen molar-refractivity contribution in [3.8, 4) is 27.9 Å². The highest BCUT2D eigenvalue weighted by atomic mass is 15.1.